The molecule has 0 aliphatic carbocycles. The monoisotopic (exact) mass is 328 g/mol. The Bertz CT molecular complexity index is 1000. The van der Waals surface area contributed by atoms with Gasteiger partial charge in [-0.1, -0.05) is 30.0 Å². The van der Waals surface area contributed by atoms with Crippen molar-refractivity contribution < 1.29 is 14.6 Å². The van der Waals surface area contributed by atoms with Crippen LogP contribution in [-0.4, -0.2) is 18.2 Å². The normalized spacial score (nSPS) is 10.4. The first-order valence-electron chi connectivity index (χ1n) is 7.75. The maximum atomic E-state index is 10.6. The molecule has 122 valence electrons. The van der Waals surface area contributed by atoms with Crippen molar-refractivity contribution in [2.75, 3.05) is 7.11 Å². The van der Waals surface area contributed by atoms with Crippen molar-refractivity contribution >= 4 is 22.8 Å². The van der Waals surface area contributed by atoms with Crippen molar-refractivity contribution in [3.63, 3.8) is 0 Å². The summed E-state index contributed by atoms with van der Waals surface area (Å²) in [6, 6.07) is 19.4. The fourth-order valence-corrected chi connectivity index (χ4v) is 2.43. The third kappa shape index (κ3) is 4.27. The topological polar surface area (TPSA) is 46.5 Å². The van der Waals surface area contributed by atoms with Crippen LogP contribution in [0.1, 0.15) is 16.7 Å². The van der Waals surface area contributed by atoms with Crippen molar-refractivity contribution in [2.24, 2.45) is 0 Å². The highest BCUT2D eigenvalue weighted by molar-refractivity contribution is 5.89. The zero-order valence-corrected chi connectivity index (χ0v) is 13.7. The van der Waals surface area contributed by atoms with Crippen LogP contribution in [0.25, 0.3) is 16.8 Å². The minimum absolute atomic E-state index is 0.809. The van der Waals surface area contributed by atoms with Crippen molar-refractivity contribution in [3.8, 4) is 17.6 Å². The van der Waals surface area contributed by atoms with Gasteiger partial charge >= 0.3 is 5.97 Å². The zero-order chi connectivity index (χ0) is 17.6. The van der Waals surface area contributed by atoms with Gasteiger partial charge in [-0.3, -0.25) is 0 Å². The summed E-state index contributed by atoms with van der Waals surface area (Å²) in [7, 11) is 1.64. The number of fused-ring (bicyclic) bond motifs is 1. The van der Waals surface area contributed by atoms with E-state index in [0.29, 0.717) is 0 Å². The molecule has 0 saturated carbocycles. The Morgan fingerprint density at radius 2 is 1.56 bits per heavy atom. The number of ether oxygens (including phenoxy) is 1. The average molecular weight is 328 g/mol. The minimum Gasteiger partial charge on any atom is -0.497 e. The van der Waals surface area contributed by atoms with Crippen LogP contribution < -0.4 is 4.74 Å². The van der Waals surface area contributed by atoms with E-state index < -0.39 is 5.97 Å². The lowest BCUT2D eigenvalue weighted by Gasteiger charge is -2.01. The van der Waals surface area contributed by atoms with E-state index >= 15 is 0 Å². The second-order valence-electron chi connectivity index (χ2n) is 5.47. The van der Waals surface area contributed by atoms with E-state index in [1.807, 2.05) is 60.7 Å². The lowest BCUT2D eigenvalue weighted by molar-refractivity contribution is -0.131. The van der Waals surface area contributed by atoms with Crippen molar-refractivity contribution in [3.05, 3.63) is 83.4 Å². The molecule has 0 atom stereocenters. The van der Waals surface area contributed by atoms with E-state index in [-0.39, 0.29) is 0 Å². The Labute approximate surface area is 146 Å². The molecular weight excluding hydrogens is 312 g/mol. The summed E-state index contributed by atoms with van der Waals surface area (Å²) in [6.07, 6.45) is 2.72. The van der Waals surface area contributed by atoms with E-state index in [1.165, 1.54) is 0 Å². The molecule has 0 fully saturated rings. The molecule has 3 rings (SSSR count). The highest BCUT2D eigenvalue weighted by Crippen LogP contribution is 2.19. The standard InChI is InChI=1S/C22H16O3/c1-25-21-11-6-16(7-12-21)2-3-17-4-9-20-15-18(8-13-22(23)24)5-10-19(20)14-17/h4-15H,1H3,(H,23,24)/b13-8+. The first kappa shape index (κ1) is 16.4. The summed E-state index contributed by atoms with van der Waals surface area (Å²) in [5.74, 6) is 6.16. The quantitative estimate of drug-likeness (QED) is 0.574. The second kappa shape index (κ2) is 7.37. The molecule has 0 heterocycles. The van der Waals surface area contributed by atoms with Gasteiger partial charge in [0.15, 0.2) is 0 Å². The zero-order valence-electron chi connectivity index (χ0n) is 13.7. The first-order chi connectivity index (χ1) is 12.1. The number of rotatable bonds is 3. The number of hydrogen-bond donors (Lipinski definition) is 1. The molecule has 3 aromatic rings. The van der Waals surface area contributed by atoms with Gasteiger partial charge in [0.05, 0.1) is 7.11 Å². The lowest BCUT2D eigenvalue weighted by atomic mass is 10.0. The van der Waals surface area contributed by atoms with Crippen LogP contribution in [0.2, 0.25) is 0 Å². The molecule has 0 radical (unpaired) electrons. The van der Waals surface area contributed by atoms with Gasteiger partial charge in [0.2, 0.25) is 0 Å². The molecule has 0 spiro atoms. The van der Waals surface area contributed by atoms with Crippen LogP contribution in [0.3, 0.4) is 0 Å². The maximum Gasteiger partial charge on any atom is 0.328 e. The van der Waals surface area contributed by atoms with E-state index in [4.69, 9.17) is 9.84 Å². The molecule has 25 heavy (non-hydrogen) atoms. The molecule has 3 aromatic carbocycles. The van der Waals surface area contributed by atoms with Crippen LogP contribution >= 0.6 is 0 Å². The van der Waals surface area contributed by atoms with Gasteiger partial charge in [0, 0.05) is 17.2 Å². The average Bonchev–Trinajstić information content (AvgIpc) is 2.64. The Morgan fingerprint density at radius 1 is 0.920 bits per heavy atom. The van der Waals surface area contributed by atoms with Crippen LogP contribution in [-0.2, 0) is 4.79 Å². The largest absolute Gasteiger partial charge is 0.497 e. The SMILES string of the molecule is COc1ccc(C#Cc2ccc3cc(/C=C/C(=O)O)ccc3c2)cc1. The predicted molar refractivity (Wildman–Crippen MR) is 99.6 cm³/mol. The van der Waals surface area contributed by atoms with Gasteiger partial charge in [-0.25, -0.2) is 4.79 Å². The first-order valence-corrected chi connectivity index (χ1v) is 7.75. The van der Waals surface area contributed by atoms with Gasteiger partial charge < -0.3 is 9.84 Å². The number of carboxylic acids is 1. The Morgan fingerprint density at radius 3 is 2.28 bits per heavy atom. The van der Waals surface area contributed by atoms with Crippen LogP contribution in [0.5, 0.6) is 5.75 Å². The predicted octanol–water partition coefficient (Wildman–Crippen LogP) is 4.35. The Kier molecular flexibility index (Phi) is 4.82. The Hall–Kier alpha value is -3.51. The highest BCUT2D eigenvalue weighted by atomic mass is 16.5. The fraction of sp³-hybridized carbons (Fsp3) is 0.0455. The van der Waals surface area contributed by atoms with Gasteiger partial charge in [-0.05, 0) is 64.9 Å². The number of aliphatic carboxylic acids is 1. The number of hydrogen-bond acceptors (Lipinski definition) is 2. The van der Waals surface area contributed by atoms with Crippen molar-refractivity contribution in [1.29, 1.82) is 0 Å². The summed E-state index contributed by atoms with van der Waals surface area (Å²) in [6.45, 7) is 0. The van der Waals surface area contributed by atoms with Crippen LogP contribution in [0, 0.1) is 11.8 Å². The smallest absolute Gasteiger partial charge is 0.328 e. The van der Waals surface area contributed by atoms with Gasteiger partial charge in [0.1, 0.15) is 5.75 Å². The van der Waals surface area contributed by atoms with Gasteiger partial charge in [-0.15, -0.1) is 0 Å². The van der Waals surface area contributed by atoms with Crippen LogP contribution in [0.15, 0.2) is 66.7 Å². The van der Waals surface area contributed by atoms with Crippen molar-refractivity contribution in [2.45, 2.75) is 0 Å². The summed E-state index contributed by atoms with van der Waals surface area (Å²) in [5, 5.41) is 10.8. The molecule has 0 bridgehead atoms. The second-order valence-corrected chi connectivity index (χ2v) is 5.47. The van der Waals surface area contributed by atoms with Crippen LogP contribution in [0.4, 0.5) is 0 Å². The molecule has 3 heteroatoms. The third-order valence-corrected chi connectivity index (χ3v) is 3.72. The molecule has 0 unspecified atom stereocenters. The van der Waals surface area contributed by atoms with Gasteiger partial charge in [-0.2, -0.15) is 0 Å². The molecule has 0 aliphatic rings. The van der Waals surface area contributed by atoms with E-state index in [1.54, 1.807) is 13.2 Å². The number of carboxylic acid groups (broad SMARTS) is 1. The lowest BCUT2D eigenvalue weighted by Crippen LogP contribution is -1.86. The Balaban J connectivity index is 1.85. The highest BCUT2D eigenvalue weighted by Gasteiger charge is 1.97. The molecule has 0 saturated heterocycles. The minimum atomic E-state index is -0.954. The summed E-state index contributed by atoms with van der Waals surface area (Å²) in [5.41, 5.74) is 2.71. The summed E-state index contributed by atoms with van der Waals surface area (Å²) >= 11 is 0. The molecule has 0 aliphatic heterocycles. The molecule has 3 nitrogen and oxygen atoms in total. The van der Waals surface area contributed by atoms with Gasteiger partial charge in [0.25, 0.3) is 0 Å². The fourth-order valence-electron chi connectivity index (χ4n) is 2.43. The number of benzene rings is 3. The summed E-state index contributed by atoms with van der Waals surface area (Å²) < 4.78 is 5.13. The number of carbonyl (C=O) groups is 1. The van der Waals surface area contributed by atoms with E-state index in [2.05, 4.69) is 11.8 Å². The third-order valence-electron chi connectivity index (χ3n) is 3.72. The van der Waals surface area contributed by atoms with Crippen molar-refractivity contribution in [1.82, 2.24) is 0 Å². The van der Waals surface area contributed by atoms with E-state index in [9.17, 15) is 4.79 Å². The molecule has 1 N–H and O–H groups in total. The number of methoxy groups -OCH3 is 1. The van der Waals surface area contributed by atoms with E-state index in [0.717, 1.165) is 39.3 Å². The summed E-state index contributed by atoms with van der Waals surface area (Å²) in [4.78, 5) is 10.6. The molecule has 0 amide bonds. The molecular formula is C22H16O3. The maximum absolute atomic E-state index is 10.6. The molecule has 0 aromatic heterocycles.